The molecule has 0 radical (unpaired) electrons. The van der Waals surface area contributed by atoms with Crippen LogP contribution in [0, 0.1) is 0 Å². The molecule has 0 saturated carbocycles. The molecule has 1 aliphatic heterocycles. The van der Waals surface area contributed by atoms with Crippen LogP contribution in [0.15, 0.2) is 105 Å². The molecule has 4 aromatic rings. The van der Waals surface area contributed by atoms with Gasteiger partial charge in [-0.1, -0.05) is 48.5 Å². The van der Waals surface area contributed by atoms with E-state index >= 15 is 0 Å². The van der Waals surface area contributed by atoms with E-state index in [1.54, 1.807) is 22.7 Å². The van der Waals surface area contributed by atoms with Crippen LogP contribution in [-0.4, -0.2) is 10.5 Å². The lowest BCUT2D eigenvalue weighted by molar-refractivity contribution is 0.0504. The van der Waals surface area contributed by atoms with Crippen molar-refractivity contribution in [1.82, 2.24) is 0 Å². The summed E-state index contributed by atoms with van der Waals surface area (Å²) in [6, 6.07) is 30.2. The van der Waals surface area contributed by atoms with Gasteiger partial charge in [0.15, 0.2) is 0 Å². The van der Waals surface area contributed by atoms with Gasteiger partial charge in [-0.15, -0.1) is 46.2 Å². The highest BCUT2D eigenvalue weighted by Gasteiger charge is 2.47. The fourth-order valence-corrected chi connectivity index (χ4v) is 8.19. The van der Waals surface area contributed by atoms with Crippen molar-refractivity contribution in [2.24, 2.45) is 0 Å². The van der Waals surface area contributed by atoms with Crippen molar-refractivity contribution >= 4 is 46.2 Å². The summed E-state index contributed by atoms with van der Waals surface area (Å²) in [4.78, 5) is 5.23. The number of ether oxygens (including phenoxy) is 1. The van der Waals surface area contributed by atoms with Crippen LogP contribution in [-0.2, 0) is 4.74 Å². The van der Waals surface area contributed by atoms with Crippen molar-refractivity contribution in [3.8, 4) is 0 Å². The van der Waals surface area contributed by atoms with E-state index < -0.39 is 0 Å². The summed E-state index contributed by atoms with van der Waals surface area (Å²) < 4.78 is 6.80. The molecule has 0 amide bonds. The van der Waals surface area contributed by atoms with E-state index in [9.17, 15) is 0 Å². The van der Waals surface area contributed by atoms with Crippen LogP contribution in [0.1, 0.15) is 22.0 Å². The molecule has 0 spiro atoms. The van der Waals surface area contributed by atoms with E-state index in [0.29, 0.717) is 10.5 Å². The zero-order chi connectivity index (χ0) is 19.5. The molecule has 1 fully saturated rings. The molecule has 146 valence electrons. The van der Waals surface area contributed by atoms with Crippen LogP contribution in [0.25, 0.3) is 0 Å². The third-order valence-corrected chi connectivity index (χ3v) is 9.65. The second-order valence-electron chi connectivity index (χ2n) is 6.80. The van der Waals surface area contributed by atoms with Crippen molar-refractivity contribution in [1.29, 1.82) is 0 Å². The number of rotatable bonds is 6. The Balaban J connectivity index is 1.54. The van der Waals surface area contributed by atoms with Crippen LogP contribution < -0.4 is 0 Å². The summed E-state index contributed by atoms with van der Waals surface area (Å²) in [7, 11) is 0. The molecule has 29 heavy (non-hydrogen) atoms. The predicted octanol–water partition coefficient (Wildman–Crippen LogP) is 7.94. The monoisotopic (exact) mass is 452 g/mol. The van der Waals surface area contributed by atoms with Gasteiger partial charge >= 0.3 is 0 Å². The Labute approximate surface area is 188 Å². The molecule has 4 unspecified atom stereocenters. The third-order valence-electron chi connectivity index (χ3n) is 4.89. The molecule has 3 heterocycles. The van der Waals surface area contributed by atoms with Crippen molar-refractivity contribution < 1.29 is 4.74 Å². The van der Waals surface area contributed by atoms with Gasteiger partial charge < -0.3 is 4.74 Å². The first-order valence-corrected chi connectivity index (χ1v) is 13.1. The Kier molecular flexibility index (Phi) is 6.11. The van der Waals surface area contributed by atoms with E-state index in [2.05, 4.69) is 95.7 Å². The Morgan fingerprint density at radius 2 is 1.00 bits per heavy atom. The SMILES string of the molecule is c1ccc(SC2C(c3cccs3)OC(c3cccs3)C2Sc2ccccc2)cc1. The van der Waals surface area contributed by atoms with Crippen LogP contribution in [0.2, 0.25) is 0 Å². The van der Waals surface area contributed by atoms with Gasteiger partial charge in [-0.3, -0.25) is 0 Å². The zero-order valence-corrected chi connectivity index (χ0v) is 18.9. The lowest BCUT2D eigenvalue weighted by Gasteiger charge is -2.23. The molecule has 5 rings (SSSR count). The van der Waals surface area contributed by atoms with Crippen molar-refractivity contribution in [2.45, 2.75) is 32.5 Å². The molecule has 2 aromatic carbocycles. The van der Waals surface area contributed by atoms with Gasteiger partial charge in [0.2, 0.25) is 0 Å². The van der Waals surface area contributed by atoms with Gasteiger partial charge in [0.05, 0.1) is 10.5 Å². The summed E-state index contributed by atoms with van der Waals surface area (Å²) in [6.45, 7) is 0. The van der Waals surface area contributed by atoms with E-state index in [-0.39, 0.29) is 12.2 Å². The number of benzene rings is 2. The maximum atomic E-state index is 6.80. The van der Waals surface area contributed by atoms with Gasteiger partial charge in [-0.25, -0.2) is 0 Å². The Morgan fingerprint density at radius 1 is 0.552 bits per heavy atom. The molecule has 5 heteroatoms. The lowest BCUT2D eigenvalue weighted by atomic mass is 10.1. The molecule has 4 atom stereocenters. The smallest absolute Gasteiger partial charge is 0.106 e. The summed E-state index contributed by atoms with van der Waals surface area (Å²) in [6.07, 6.45) is 0.182. The van der Waals surface area contributed by atoms with Crippen molar-refractivity contribution in [3.05, 3.63) is 105 Å². The first-order chi connectivity index (χ1) is 14.4. The summed E-state index contributed by atoms with van der Waals surface area (Å²) in [5.74, 6) is 0. The molecule has 2 aromatic heterocycles. The quantitative estimate of drug-likeness (QED) is 0.294. The van der Waals surface area contributed by atoms with Crippen molar-refractivity contribution in [3.63, 3.8) is 0 Å². The highest BCUT2D eigenvalue weighted by atomic mass is 32.2. The highest BCUT2D eigenvalue weighted by molar-refractivity contribution is 8.04. The first kappa shape index (κ1) is 19.5. The van der Waals surface area contributed by atoms with Gasteiger partial charge in [0, 0.05) is 19.5 Å². The minimum atomic E-state index is 0.0912. The Hall–Kier alpha value is -1.50. The van der Waals surface area contributed by atoms with Crippen LogP contribution in [0.4, 0.5) is 0 Å². The fourth-order valence-electron chi connectivity index (χ4n) is 3.59. The molecular formula is C24H20OS4. The predicted molar refractivity (Wildman–Crippen MR) is 127 cm³/mol. The molecular weight excluding hydrogens is 433 g/mol. The normalized spacial score (nSPS) is 24.0. The summed E-state index contributed by atoms with van der Waals surface area (Å²) >= 11 is 7.50. The molecule has 1 nitrogen and oxygen atoms in total. The zero-order valence-electron chi connectivity index (χ0n) is 15.6. The maximum absolute atomic E-state index is 6.80. The van der Waals surface area contributed by atoms with Gasteiger partial charge in [-0.05, 0) is 47.2 Å². The second-order valence-corrected chi connectivity index (χ2v) is 11.3. The standard InChI is InChI=1S/C24H20OS4/c1-3-9-17(10-4-1)28-23-21(19-13-7-15-26-19)25-22(20-14-8-16-27-20)24(23)29-18-11-5-2-6-12-18/h1-16,21-24H. The van der Waals surface area contributed by atoms with Gasteiger partial charge in [0.25, 0.3) is 0 Å². The highest BCUT2D eigenvalue weighted by Crippen LogP contribution is 2.55. The van der Waals surface area contributed by atoms with E-state index in [1.165, 1.54) is 19.5 Å². The molecule has 0 bridgehead atoms. The largest absolute Gasteiger partial charge is 0.361 e. The Bertz CT molecular complexity index is 916. The summed E-state index contributed by atoms with van der Waals surface area (Å²) in [5, 5.41) is 4.96. The molecule has 0 aliphatic carbocycles. The van der Waals surface area contributed by atoms with Gasteiger partial charge in [0.1, 0.15) is 12.2 Å². The average molecular weight is 453 g/mol. The van der Waals surface area contributed by atoms with E-state index in [4.69, 9.17) is 4.74 Å². The topological polar surface area (TPSA) is 9.23 Å². The Morgan fingerprint density at radius 3 is 1.38 bits per heavy atom. The van der Waals surface area contributed by atoms with Crippen LogP contribution in [0.5, 0.6) is 0 Å². The second kappa shape index (κ2) is 9.11. The van der Waals surface area contributed by atoms with E-state index in [1.807, 2.05) is 23.5 Å². The number of hydrogen-bond donors (Lipinski definition) is 0. The first-order valence-electron chi connectivity index (χ1n) is 9.54. The number of thioether (sulfide) groups is 2. The van der Waals surface area contributed by atoms with Crippen molar-refractivity contribution in [2.75, 3.05) is 0 Å². The average Bonchev–Trinajstić information content (AvgIpc) is 3.52. The third kappa shape index (κ3) is 4.35. The molecule has 0 N–H and O–H groups in total. The fraction of sp³-hybridized carbons (Fsp3) is 0.167. The van der Waals surface area contributed by atoms with Crippen LogP contribution in [0.3, 0.4) is 0 Å². The molecule has 1 aliphatic rings. The number of thiophene rings is 2. The van der Waals surface area contributed by atoms with E-state index in [0.717, 1.165) is 0 Å². The minimum absolute atomic E-state index is 0.0912. The van der Waals surface area contributed by atoms with Gasteiger partial charge in [-0.2, -0.15) is 0 Å². The number of hydrogen-bond acceptors (Lipinski definition) is 5. The van der Waals surface area contributed by atoms with Crippen LogP contribution >= 0.6 is 46.2 Å². The minimum Gasteiger partial charge on any atom is -0.361 e. The molecule has 1 saturated heterocycles. The summed E-state index contributed by atoms with van der Waals surface area (Å²) in [5.41, 5.74) is 0. The lowest BCUT2D eigenvalue weighted by Crippen LogP contribution is -2.21. The maximum Gasteiger partial charge on any atom is 0.106 e.